The SMILES string of the molecule is COC(=O)C(=O)CCCOC1CCCCO1. The van der Waals surface area contributed by atoms with Gasteiger partial charge in [0, 0.05) is 13.0 Å². The summed E-state index contributed by atoms with van der Waals surface area (Å²) in [5, 5.41) is 0. The van der Waals surface area contributed by atoms with Crippen LogP contribution in [0.5, 0.6) is 0 Å². The fourth-order valence-corrected chi connectivity index (χ4v) is 1.51. The van der Waals surface area contributed by atoms with Crippen molar-refractivity contribution in [2.24, 2.45) is 0 Å². The van der Waals surface area contributed by atoms with Gasteiger partial charge in [0.15, 0.2) is 6.29 Å². The Kier molecular flexibility index (Phi) is 6.03. The van der Waals surface area contributed by atoms with Gasteiger partial charge in [-0.25, -0.2) is 4.79 Å². The smallest absolute Gasteiger partial charge is 0.374 e. The Balaban J connectivity index is 2.02. The van der Waals surface area contributed by atoms with E-state index in [9.17, 15) is 9.59 Å². The Labute approximate surface area is 95.0 Å². The summed E-state index contributed by atoms with van der Waals surface area (Å²) >= 11 is 0. The van der Waals surface area contributed by atoms with Crippen molar-refractivity contribution in [3.05, 3.63) is 0 Å². The maximum atomic E-state index is 11.1. The minimum Gasteiger partial charge on any atom is -0.463 e. The van der Waals surface area contributed by atoms with Crippen LogP contribution in [0.15, 0.2) is 0 Å². The molecule has 1 fully saturated rings. The number of methoxy groups -OCH3 is 1. The third kappa shape index (κ3) is 4.72. The summed E-state index contributed by atoms with van der Waals surface area (Å²) in [4.78, 5) is 21.8. The van der Waals surface area contributed by atoms with Crippen molar-refractivity contribution in [1.82, 2.24) is 0 Å². The standard InChI is InChI=1S/C11H18O5/c1-14-11(13)9(12)5-4-8-16-10-6-2-3-7-15-10/h10H,2-8H2,1H3. The summed E-state index contributed by atoms with van der Waals surface area (Å²) in [5.74, 6) is -1.29. The van der Waals surface area contributed by atoms with Crippen molar-refractivity contribution in [2.75, 3.05) is 20.3 Å². The summed E-state index contributed by atoms with van der Waals surface area (Å²) in [5.41, 5.74) is 0. The molecule has 1 aliphatic heterocycles. The molecule has 0 aromatic rings. The van der Waals surface area contributed by atoms with Crippen LogP contribution < -0.4 is 0 Å². The molecule has 0 N–H and O–H groups in total. The Hall–Kier alpha value is -0.940. The molecule has 0 saturated carbocycles. The first-order valence-corrected chi connectivity index (χ1v) is 5.58. The lowest BCUT2D eigenvalue weighted by molar-refractivity contribution is -0.164. The fourth-order valence-electron chi connectivity index (χ4n) is 1.51. The lowest BCUT2D eigenvalue weighted by Gasteiger charge is -2.22. The number of ketones is 1. The molecule has 1 aliphatic rings. The van der Waals surface area contributed by atoms with Crippen LogP contribution in [0.2, 0.25) is 0 Å². The minimum atomic E-state index is -0.783. The molecule has 0 amide bonds. The number of hydrogen-bond acceptors (Lipinski definition) is 5. The first-order valence-electron chi connectivity index (χ1n) is 5.58. The number of rotatable bonds is 6. The zero-order valence-electron chi connectivity index (χ0n) is 9.57. The van der Waals surface area contributed by atoms with E-state index in [0.29, 0.717) is 13.0 Å². The van der Waals surface area contributed by atoms with Crippen LogP contribution in [-0.2, 0) is 23.8 Å². The molecular formula is C11H18O5. The average molecular weight is 230 g/mol. The van der Waals surface area contributed by atoms with Gasteiger partial charge >= 0.3 is 5.97 Å². The van der Waals surface area contributed by atoms with Crippen molar-refractivity contribution in [3.8, 4) is 0 Å². The number of hydrogen-bond donors (Lipinski definition) is 0. The van der Waals surface area contributed by atoms with Gasteiger partial charge in [-0.2, -0.15) is 0 Å². The van der Waals surface area contributed by atoms with Gasteiger partial charge in [-0.15, -0.1) is 0 Å². The molecule has 16 heavy (non-hydrogen) atoms. The monoisotopic (exact) mass is 230 g/mol. The number of esters is 1. The average Bonchev–Trinajstić information content (AvgIpc) is 2.34. The molecule has 0 bridgehead atoms. The van der Waals surface area contributed by atoms with Gasteiger partial charge in [-0.3, -0.25) is 4.79 Å². The van der Waals surface area contributed by atoms with Gasteiger partial charge < -0.3 is 14.2 Å². The van der Waals surface area contributed by atoms with E-state index in [-0.39, 0.29) is 12.7 Å². The Morgan fingerprint density at radius 2 is 2.19 bits per heavy atom. The Bertz CT molecular complexity index is 233. The molecule has 5 heteroatoms. The van der Waals surface area contributed by atoms with E-state index in [0.717, 1.165) is 25.9 Å². The van der Waals surface area contributed by atoms with Crippen LogP contribution in [-0.4, -0.2) is 38.4 Å². The maximum Gasteiger partial charge on any atom is 0.374 e. The lowest BCUT2D eigenvalue weighted by Crippen LogP contribution is -2.23. The summed E-state index contributed by atoms with van der Waals surface area (Å²) in [6.07, 6.45) is 3.66. The minimum absolute atomic E-state index is 0.137. The van der Waals surface area contributed by atoms with E-state index >= 15 is 0 Å². The second kappa shape index (κ2) is 7.35. The molecule has 92 valence electrons. The van der Waals surface area contributed by atoms with Crippen LogP contribution in [0.3, 0.4) is 0 Å². The van der Waals surface area contributed by atoms with Crippen LogP contribution in [0.1, 0.15) is 32.1 Å². The molecule has 1 unspecified atom stereocenters. The number of carbonyl (C=O) groups excluding carboxylic acids is 2. The highest BCUT2D eigenvalue weighted by Gasteiger charge is 2.15. The number of ether oxygens (including phenoxy) is 3. The van der Waals surface area contributed by atoms with Crippen molar-refractivity contribution in [3.63, 3.8) is 0 Å². The summed E-state index contributed by atoms with van der Waals surface area (Å²) in [6.45, 7) is 1.18. The normalized spacial score (nSPS) is 20.4. The highest BCUT2D eigenvalue weighted by molar-refractivity contribution is 6.33. The molecule has 0 aromatic carbocycles. The lowest BCUT2D eigenvalue weighted by atomic mass is 10.2. The van der Waals surface area contributed by atoms with Crippen LogP contribution in [0, 0.1) is 0 Å². The first-order chi connectivity index (χ1) is 7.74. The first kappa shape index (κ1) is 13.1. The quantitative estimate of drug-likeness (QED) is 0.388. The van der Waals surface area contributed by atoms with Gasteiger partial charge in [-0.1, -0.05) is 0 Å². The van der Waals surface area contributed by atoms with E-state index in [2.05, 4.69) is 4.74 Å². The molecular weight excluding hydrogens is 212 g/mol. The van der Waals surface area contributed by atoms with Crippen molar-refractivity contribution in [1.29, 1.82) is 0 Å². The predicted octanol–water partition coefficient (Wildman–Crippen LogP) is 1.05. The van der Waals surface area contributed by atoms with E-state index in [1.54, 1.807) is 0 Å². The van der Waals surface area contributed by atoms with Gasteiger partial charge in [0.2, 0.25) is 5.78 Å². The largest absolute Gasteiger partial charge is 0.463 e. The highest BCUT2D eigenvalue weighted by atomic mass is 16.7. The summed E-state index contributed by atoms with van der Waals surface area (Å²) in [7, 11) is 1.20. The Morgan fingerprint density at radius 3 is 2.81 bits per heavy atom. The second-order valence-corrected chi connectivity index (χ2v) is 3.69. The van der Waals surface area contributed by atoms with E-state index in [4.69, 9.17) is 9.47 Å². The summed E-state index contributed by atoms with van der Waals surface area (Å²) < 4.78 is 15.1. The molecule has 1 rings (SSSR count). The Morgan fingerprint density at radius 1 is 1.38 bits per heavy atom. The molecule has 5 nitrogen and oxygen atoms in total. The van der Waals surface area contributed by atoms with Crippen molar-refractivity contribution >= 4 is 11.8 Å². The summed E-state index contributed by atoms with van der Waals surface area (Å²) in [6, 6.07) is 0. The van der Waals surface area contributed by atoms with Gasteiger partial charge in [0.1, 0.15) is 0 Å². The van der Waals surface area contributed by atoms with Crippen LogP contribution in [0.4, 0.5) is 0 Å². The third-order valence-corrected chi connectivity index (χ3v) is 2.40. The van der Waals surface area contributed by atoms with Crippen molar-refractivity contribution < 1.29 is 23.8 Å². The second-order valence-electron chi connectivity index (χ2n) is 3.69. The zero-order valence-corrected chi connectivity index (χ0v) is 9.57. The molecule has 0 aliphatic carbocycles. The van der Waals surface area contributed by atoms with Gasteiger partial charge in [0.25, 0.3) is 0 Å². The number of carbonyl (C=O) groups is 2. The van der Waals surface area contributed by atoms with E-state index in [1.165, 1.54) is 7.11 Å². The van der Waals surface area contributed by atoms with E-state index < -0.39 is 11.8 Å². The highest BCUT2D eigenvalue weighted by Crippen LogP contribution is 2.13. The molecule has 0 spiro atoms. The van der Waals surface area contributed by atoms with Crippen LogP contribution >= 0.6 is 0 Å². The van der Waals surface area contributed by atoms with E-state index in [1.807, 2.05) is 0 Å². The van der Waals surface area contributed by atoms with Crippen molar-refractivity contribution in [2.45, 2.75) is 38.4 Å². The predicted molar refractivity (Wildman–Crippen MR) is 55.8 cm³/mol. The molecule has 1 heterocycles. The van der Waals surface area contributed by atoms with Gasteiger partial charge in [-0.05, 0) is 25.7 Å². The van der Waals surface area contributed by atoms with Gasteiger partial charge in [0.05, 0.1) is 13.7 Å². The third-order valence-electron chi connectivity index (χ3n) is 2.40. The number of Topliss-reactive ketones (excluding diaryl/α,β-unsaturated/α-hetero) is 1. The molecule has 1 atom stereocenters. The molecule has 0 radical (unpaired) electrons. The fraction of sp³-hybridized carbons (Fsp3) is 0.818. The zero-order chi connectivity index (χ0) is 11.8. The molecule has 0 aromatic heterocycles. The topological polar surface area (TPSA) is 61.8 Å². The maximum absolute atomic E-state index is 11.1. The van der Waals surface area contributed by atoms with Crippen LogP contribution in [0.25, 0.3) is 0 Å². The molecule has 1 saturated heterocycles.